The zero-order valence-electron chi connectivity index (χ0n) is 12.6. The van der Waals surface area contributed by atoms with Crippen LogP contribution in [0, 0.1) is 11.3 Å². The van der Waals surface area contributed by atoms with Gasteiger partial charge in [0.1, 0.15) is 5.76 Å². The third kappa shape index (κ3) is 3.49. The maximum atomic E-state index is 12.5. The van der Waals surface area contributed by atoms with E-state index in [1.165, 1.54) is 0 Å². The molecule has 116 valence electrons. The Bertz CT molecular complexity index is 844. The van der Waals surface area contributed by atoms with Crippen LogP contribution in [0.25, 0.3) is 10.9 Å². The van der Waals surface area contributed by atoms with Crippen molar-refractivity contribution < 1.29 is 9.21 Å². The topological polar surface area (TPSA) is 58.9 Å². The molecule has 0 unspecified atom stereocenters. The van der Waals surface area contributed by atoms with Gasteiger partial charge in [0.2, 0.25) is 0 Å². The molecule has 5 heteroatoms. The minimum absolute atomic E-state index is 0.105. The van der Waals surface area contributed by atoms with Gasteiger partial charge in [-0.05, 0) is 18.2 Å². The number of carbonyl (C=O) groups is 1. The Labute approximate surface area is 138 Å². The summed E-state index contributed by atoms with van der Waals surface area (Å²) >= 11 is 1.54. The fourth-order valence-corrected chi connectivity index (χ4v) is 3.35. The molecule has 0 radical (unpaired) electrons. The molecule has 0 bridgehead atoms. The van der Waals surface area contributed by atoms with Crippen molar-refractivity contribution in [2.45, 2.75) is 18.7 Å². The summed E-state index contributed by atoms with van der Waals surface area (Å²) in [5.41, 5.74) is 1.73. The summed E-state index contributed by atoms with van der Waals surface area (Å²) in [7, 11) is 0. The molecule has 1 aromatic carbocycles. The average molecular weight is 324 g/mol. The Morgan fingerprint density at radius 2 is 2.13 bits per heavy atom. The number of benzene rings is 1. The predicted molar refractivity (Wildman–Crippen MR) is 91.4 cm³/mol. The first kappa shape index (κ1) is 15.4. The number of hydrogen-bond acceptors (Lipinski definition) is 4. The zero-order chi connectivity index (χ0) is 16.1. The molecule has 0 atom stereocenters. The van der Waals surface area contributed by atoms with Crippen LogP contribution in [-0.4, -0.2) is 16.1 Å². The second-order valence-electron chi connectivity index (χ2n) is 5.16. The molecular formula is C18H16N2O2S. The molecule has 0 aliphatic heterocycles. The fraction of sp³-hybridized carbons (Fsp3) is 0.222. The Morgan fingerprint density at radius 3 is 2.91 bits per heavy atom. The standard InChI is InChI=1S/C18H16N2O2S/c19-8-4-9-20-11-16(15-6-1-2-7-17(15)20)18(21)13-23-12-14-5-3-10-22-14/h1-3,5-7,10-11H,4,9,12-13H2. The molecule has 0 spiro atoms. The Balaban J connectivity index is 1.75. The second-order valence-corrected chi connectivity index (χ2v) is 6.14. The van der Waals surface area contributed by atoms with Gasteiger partial charge in [0.15, 0.2) is 5.78 Å². The number of nitriles is 1. The maximum absolute atomic E-state index is 12.5. The molecule has 3 aromatic rings. The number of hydrogen-bond donors (Lipinski definition) is 0. The van der Waals surface area contributed by atoms with Gasteiger partial charge in [0.25, 0.3) is 0 Å². The largest absolute Gasteiger partial charge is 0.468 e. The summed E-state index contributed by atoms with van der Waals surface area (Å²) in [5.74, 6) is 2.08. The summed E-state index contributed by atoms with van der Waals surface area (Å²) in [6.07, 6.45) is 3.94. The van der Waals surface area contributed by atoms with Gasteiger partial charge < -0.3 is 8.98 Å². The number of carbonyl (C=O) groups excluding carboxylic acids is 1. The molecule has 0 saturated heterocycles. The van der Waals surface area contributed by atoms with Crippen LogP contribution in [0.3, 0.4) is 0 Å². The lowest BCUT2D eigenvalue weighted by atomic mass is 10.1. The molecular weight excluding hydrogens is 308 g/mol. The highest BCUT2D eigenvalue weighted by Gasteiger charge is 2.15. The van der Waals surface area contributed by atoms with Crippen LogP contribution >= 0.6 is 11.8 Å². The monoisotopic (exact) mass is 324 g/mol. The predicted octanol–water partition coefficient (Wildman–Crippen LogP) is 4.26. The molecule has 2 aromatic heterocycles. The van der Waals surface area contributed by atoms with Crippen molar-refractivity contribution in [3.63, 3.8) is 0 Å². The van der Waals surface area contributed by atoms with Crippen molar-refractivity contribution >= 4 is 28.4 Å². The number of aromatic nitrogens is 1. The fourth-order valence-electron chi connectivity index (χ4n) is 2.54. The lowest BCUT2D eigenvalue weighted by molar-refractivity contribution is 0.102. The molecule has 23 heavy (non-hydrogen) atoms. The number of nitrogens with zero attached hydrogens (tertiary/aromatic N) is 2. The number of Topliss-reactive ketones (excluding diaryl/α,β-unsaturated/α-hetero) is 1. The maximum Gasteiger partial charge on any atom is 0.174 e. The summed E-state index contributed by atoms with van der Waals surface area (Å²) in [5, 5.41) is 9.73. The van der Waals surface area contributed by atoms with Gasteiger partial charge in [-0.15, -0.1) is 11.8 Å². The highest BCUT2D eigenvalue weighted by molar-refractivity contribution is 7.99. The smallest absolute Gasteiger partial charge is 0.174 e. The van der Waals surface area contributed by atoms with Crippen molar-refractivity contribution in [1.29, 1.82) is 5.26 Å². The van der Waals surface area contributed by atoms with E-state index in [2.05, 4.69) is 6.07 Å². The van der Waals surface area contributed by atoms with Crippen LogP contribution in [0.15, 0.2) is 53.3 Å². The number of thioether (sulfide) groups is 1. The van der Waals surface area contributed by atoms with Gasteiger partial charge in [-0.2, -0.15) is 5.26 Å². The van der Waals surface area contributed by atoms with Gasteiger partial charge in [-0.25, -0.2) is 0 Å². The second kappa shape index (κ2) is 7.21. The first-order valence-corrected chi connectivity index (χ1v) is 8.53. The van der Waals surface area contributed by atoms with Crippen LogP contribution in [0.1, 0.15) is 22.5 Å². The number of furan rings is 1. The van der Waals surface area contributed by atoms with Crippen LogP contribution in [0.5, 0.6) is 0 Å². The van der Waals surface area contributed by atoms with E-state index in [-0.39, 0.29) is 5.78 Å². The Morgan fingerprint density at radius 1 is 1.26 bits per heavy atom. The van der Waals surface area contributed by atoms with E-state index in [1.807, 2.05) is 47.2 Å². The van der Waals surface area contributed by atoms with Crippen LogP contribution in [0.4, 0.5) is 0 Å². The highest BCUT2D eigenvalue weighted by atomic mass is 32.2. The van der Waals surface area contributed by atoms with Gasteiger partial charge in [-0.3, -0.25) is 4.79 Å². The van der Waals surface area contributed by atoms with Crippen molar-refractivity contribution in [1.82, 2.24) is 4.57 Å². The molecule has 0 amide bonds. The average Bonchev–Trinajstić information content (AvgIpc) is 3.20. The van der Waals surface area contributed by atoms with E-state index in [0.717, 1.165) is 22.2 Å². The molecule has 0 aliphatic rings. The van der Waals surface area contributed by atoms with E-state index in [0.29, 0.717) is 24.5 Å². The Kier molecular flexibility index (Phi) is 4.84. The van der Waals surface area contributed by atoms with Crippen LogP contribution in [0.2, 0.25) is 0 Å². The molecule has 0 aliphatic carbocycles. The number of para-hydroxylation sites is 1. The number of aryl methyl sites for hydroxylation is 1. The lowest BCUT2D eigenvalue weighted by Crippen LogP contribution is -2.02. The minimum atomic E-state index is 0.105. The summed E-state index contributed by atoms with van der Waals surface area (Å²) in [6, 6.07) is 13.7. The molecule has 2 heterocycles. The van der Waals surface area contributed by atoms with Gasteiger partial charge in [0, 0.05) is 29.2 Å². The van der Waals surface area contributed by atoms with Gasteiger partial charge >= 0.3 is 0 Å². The van der Waals surface area contributed by atoms with Crippen LogP contribution in [-0.2, 0) is 12.3 Å². The Hall–Kier alpha value is -2.45. The molecule has 3 rings (SSSR count). The summed E-state index contributed by atoms with van der Waals surface area (Å²) in [6.45, 7) is 0.601. The summed E-state index contributed by atoms with van der Waals surface area (Å²) in [4.78, 5) is 12.5. The molecule has 0 saturated carbocycles. The van der Waals surface area contributed by atoms with Gasteiger partial charge in [0.05, 0.1) is 30.3 Å². The molecule has 4 nitrogen and oxygen atoms in total. The normalized spacial score (nSPS) is 10.7. The molecule has 0 N–H and O–H groups in total. The number of rotatable bonds is 7. The van der Waals surface area contributed by atoms with Crippen molar-refractivity contribution in [2.75, 3.05) is 5.75 Å². The van der Waals surface area contributed by atoms with Crippen molar-refractivity contribution in [3.05, 3.63) is 60.2 Å². The molecule has 0 fully saturated rings. The van der Waals surface area contributed by atoms with Gasteiger partial charge in [-0.1, -0.05) is 18.2 Å². The van der Waals surface area contributed by atoms with Crippen molar-refractivity contribution in [2.24, 2.45) is 0 Å². The third-order valence-electron chi connectivity index (χ3n) is 3.61. The van der Waals surface area contributed by atoms with E-state index >= 15 is 0 Å². The van der Waals surface area contributed by atoms with E-state index < -0.39 is 0 Å². The minimum Gasteiger partial charge on any atom is -0.468 e. The SMILES string of the molecule is N#CCCn1cc(C(=O)CSCc2ccco2)c2ccccc21. The zero-order valence-corrected chi connectivity index (χ0v) is 13.4. The number of ketones is 1. The summed E-state index contributed by atoms with van der Waals surface area (Å²) < 4.78 is 7.26. The number of fused-ring (bicyclic) bond motifs is 1. The lowest BCUT2D eigenvalue weighted by Gasteiger charge is -2.00. The van der Waals surface area contributed by atoms with Crippen molar-refractivity contribution in [3.8, 4) is 6.07 Å². The first-order valence-electron chi connectivity index (χ1n) is 7.37. The highest BCUT2D eigenvalue weighted by Crippen LogP contribution is 2.24. The first-order chi connectivity index (χ1) is 11.3. The van der Waals surface area contributed by atoms with E-state index in [1.54, 1.807) is 18.0 Å². The third-order valence-corrected chi connectivity index (χ3v) is 4.57. The van der Waals surface area contributed by atoms with E-state index in [4.69, 9.17) is 9.68 Å². The van der Waals surface area contributed by atoms with Crippen LogP contribution < -0.4 is 0 Å². The van der Waals surface area contributed by atoms with E-state index in [9.17, 15) is 4.79 Å². The quantitative estimate of drug-likeness (QED) is 0.609.